The fraction of sp³-hybridized carbons (Fsp3) is 0.778. The minimum Gasteiger partial charge on any atom is -0.316 e. The van der Waals surface area contributed by atoms with Crippen LogP contribution in [-0.2, 0) is 10.8 Å². The van der Waals surface area contributed by atoms with E-state index in [9.17, 15) is 4.21 Å². The van der Waals surface area contributed by atoms with Crippen LogP contribution in [-0.4, -0.2) is 28.8 Å². The Morgan fingerprint density at radius 3 is 2.75 bits per heavy atom. The summed E-state index contributed by atoms with van der Waals surface area (Å²) >= 11 is 0. The number of hydrogen-bond donors (Lipinski definition) is 1. The molecule has 0 radical (unpaired) electrons. The lowest BCUT2D eigenvalue weighted by Crippen LogP contribution is -2.21. The molecule has 0 bridgehead atoms. The van der Waals surface area contributed by atoms with Crippen molar-refractivity contribution in [3.05, 3.63) is 0 Å². The normalized spacial score (nSPS) is 15.1. The number of rotatable bonds is 6. The van der Waals surface area contributed by atoms with Crippen LogP contribution in [0.25, 0.3) is 0 Å². The number of nitrogens with one attached hydrogen (secondary N) is 1. The lowest BCUT2D eigenvalue weighted by molar-refractivity contribution is 0.634. The summed E-state index contributed by atoms with van der Waals surface area (Å²) in [4.78, 5) is 0. The van der Waals surface area contributed by atoms with Crippen molar-refractivity contribution in [3.63, 3.8) is 0 Å². The van der Waals surface area contributed by atoms with E-state index < -0.39 is 10.8 Å². The van der Waals surface area contributed by atoms with Crippen LogP contribution in [0.1, 0.15) is 19.8 Å². The molecular weight excluding hydrogens is 170 g/mol. The van der Waals surface area contributed by atoms with Gasteiger partial charge < -0.3 is 5.32 Å². The summed E-state index contributed by atoms with van der Waals surface area (Å²) in [7, 11) is -0.698. The van der Waals surface area contributed by atoms with Gasteiger partial charge in [0, 0.05) is 35.3 Å². The van der Waals surface area contributed by atoms with E-state index in [2.05, 4.69) is 11.2 Å². The predicted octanol–water partition coefficient (Wildman–Crippen LogP) is 0.756. The van der Waals surface area contributed by atoms with Crippen LogP contribution < -0.4 is 5.32 Å². The molecule has 1 N–H and O–H groups in total. The van der Waals surface area contributed by atoms with Crippen LogP contribution in [0.5, 0.6) is 0 Å². The molecule has 0 aliphatic rings. The Balaban J connectivity index is 3.21. The van der Waals surface area contributed by atoms with E-state index in [1.54, 1.807) is 6.26 Å². The molecule has 3 heteroatoms. The first-order chi connectivity index (χ1) is 5.68. The summed E-state index contributed by atoms with van der Waals surface area (Å²) in [6, 6.07) is 0. The van der Waals surface area contributed by atoms with Gasteiger partial charge in [-0.05, 0) is 13.0 Å². The molecule has 0 saturated carbocycles. The Kier molecular flexibility index (Phi) is 7.12. The molecule has 70 valence electrons. The Labute approximate surface area is 77.6 Å². The van der Waals surface area contributed by atoms with Crippen molar-refractivity contribution in [3.8, 4) is 12.3 Å². The van der Waals surface area contributed by atoms with Crippen molar-refractivity contribution in [2.75, 3.05) is 19.3 Å². The van der Waals surface area contributed by atoms with Gasteiger partial charge in [-0.1, -0.05) is 6.92 Å². The van der Waals surface area contributed by atoms with Gasteiger partial charge in [0.15, 0.2) is 0 Å². The second kappa shape index (κ2) is 7.33. The van der Waals surface area contributed by atoms with Crippen LogP contribution in [0, 0.1) is 12.3 Å². The van der Waals surface area contributed by atoms with E-state index in [0.29, 0.717) is 0 Å². The summed E-state index contributed by atoms with van der Waals surface area (Å²) in [6.45, 7) is 3.76. The van der Waals surface area contributed by atoms with Gasteiger partial charge in [0.25, 0.3) is 0 Å². The summed E-state index contributed by atoms with van der Waals surface area (Å²) < 4.78 is 10.9. The molecule has 0 aromatic heterocycles. The summed E-state index contributed by atoms with van der Waals surface area (Å²) in [5.41, 5.74) is 0. The standard InChI is InChI=1S/C9H17NOS/c1-4-5-7-10-8-6-9(2)12(3)11/h1,9-10H,5-8H2,2-3H3. The average Bonchev–Trinajstić information content (AvgIpc) is 2.03. The van der Waals surface area contributed by atoms with Crippen molar-refractivity contribution in [2.24, 2.45) is 0 Å². The van der Waals surface area contributed by atoms with Gasteiger partial charge >= 0.3 is 0 Å². The van der Waals surface area contributed by atoms with Crippen molar-refractivity contribution < 1.29 is 4.21 Å². The van der Waals surface area contributed by atoms with Crippen LogP contribution in [0.2, 0.25) is 0 Å². The first-order valence-corrected chi connectivity index (χ1v) is 5.77. The van der Waals surface area contributed by atoms with Gasteiger partial charge in [-0.15, -0.1) is 12.3 Å². The van der Waals surface area contributed by atoms with E-state index in [0.717, 1.165) is 25.9 Å². The molecule has 2 unspecified atom stereocenters. The Bertz CT molecular complexity index is 174. The monoisotopic (exact) mass is 187 g/mol. The van der Waals surface area contributed by atoms with E-state index in [1.807, 2.05) is 6.92 Å². The van der Waals surface area contributed by atoms with Crippen molar-refractivity contribution in [1.29, 1.82) is 0 Å². The Morgan fingerprint density at radius 1 is 1.58 bits per heavy atom. The second-order valence-electron chi connectivity index (χ2n) is 2.80. The van der Waals surface area contributed by atoms with Gasteiger partial charge in [-0.2, -0.15) is 0 Å². The molecule has 0 aliphatic carbocycles. The van der Waals surface area contributed by atoms with Crippen LogP contribution in [0.4, 0.5) is 0 Å². The number of hydrogen-bond acceptors (Lipinski definition) is 2. The zero-order valence-corrected chi connectivity index (χ0v) is 8.62. The molecule has 0 saturated heterocycles. The zero-order valence-electron chi connectivity index (χ0n) is 7.80. The maximum absolute atomic E-state index is 10.9. The van der Waals surface area contributed by atoms with Crippen LogP contribution >= 0.6 is 0 Å². The average molecular weight is 187 g/mol. The van der Waals surface area contributed by atoms with Gasteiger partial charge in [0.05, 0.1) is 0 Å². The van der Waals surface area contributed by atoms with Crippen molar-refractivity contribution in [1.82, 2.24) is 5.32 Å². The summed E-state index contributed by atoms with van der Waals surface area (Å²) in [5, 5.41) is 3.48. The van der Waals surface area contributed by atoms with E-state index >= 15 is 0 Å². The summed E-state index contributed by atoms with van der Waals surface area (Å²) in [6.07, 6.45) is 8.54. The highest BCUT2D eigenvalue weighted by Gasteiger charge is 2.03. The molecular formula is C9H17NOS. The van der Waals surface area contributed by atoms with E-state index in [-0.39, 0.29) is 5.25 Å². The third kappa shape index (κ3) is 6.38. The summed E-state index contributed by atoms with van der Waals surface area (Å²) in [5.74, 6) is 2.56. The minimum absolute atomic E-state index is 0.281. The molecule has 0 fully saturated rings. The largest absolute Gasteiger partial charge is 0.316 e. The Morgan fingerprint density at radius 2 is 2.25 bits per heavy atom. The van der Waals surface area contributed by atoms with Crippen LogP contribution in [0.3, 0.4) is 0 Å². The SMILES string of the molecule is C#CCCNCCC(C)S(C)=O. The second-order valence-corrected chi connectivity index (χ2v) is 4.60. The lowest BCUT2D eigenvalue weighted by Gasteiger charge is -2.07. The van der Waals surface area contributed by atoms with E-state index in [4.69, 9.17) is 6.42 Å². The topological polar surface area (TPSA) is 29.1 Å². The molecule has 0 amide bonds. The van der Waals surface area contributed by atoms with Gasteiger partial charge in [0.2, 0.25) is 0 Å². The molecule has 2 atom stereocenters. The molecule has 0 aromatic rings. The smallest absolute Gasteiger partial charge is 0.0329 e. The molecule has 0 aliphatic heterocycles. The molecule has 0 aromatic carbocycles. The van der Waals surface area contributed by atoms with Gasteiger partial charge in [0.1, 0.15) is 0 Å². The quantitative estimate of drug-likeness (QED) is 0.491. The fourth-order valence-corrected chi connectivity index (χ4v) is 1.21. The lowest BCUT2D eigenvalue weighted by atomic mass is 10.3. The first kappa shape index (κ1) is 11.7. The van der Waals surface area contributed by atoms with Crippen molar-refractivity contribution >= 4 is 10.8 Å². The fourth-order valence-electron chi connectivity index (χ4n) is 0.757. The first-order valence-electron chi connectivity index (χ1n) is 4.15. The zero-order chi connectivity index (χ0) is 9.40. The minimum atomic E-state index is -0.698. The maximum atomic E-state index is 10.9. The Hall–Kier alpha value is -0.330. The molecule has 0 spiro atoms. The van der Waals surface area contributed by atoms with Crippen LogP contribution in [0.15, 0.2) is 0 Å². The molecule has 2 nitrogen and oxygen atoms in total. The van der Waals surface area contributed by atoms with Gasteiger partial charge in [-0.3, -0.25) is 4.21 Å². The van der Waals surface area contributed by atoms with E-state index in [1.165, 1.54) is 0 Å². The maximum Gasteiger partial charge on any atom is 0.0329 e. The third-order valence-corrected chi connectivity index (χ3v) is 3.11. The highest BCUT2D eigenvalue weighted by Crippen LogP contribution is 1.96. The highest BCUT2D eigenvalue weighted by atomic mass is 32.2. The molecule has 0 heterocycles. The third-order valence-electron chi connectivity index (χ3n) is 1.74. The molecule has 12 heavy (non-hydrogen) atoms. The number of terminal acetylenes is 1. The van der Waals surface area contributed by atoms with Crippen molar-refractivity contribution in [2.45, 2.75) is 25.0 Å². The van der Waals surface area contributed by atoms with Gasteiger partial charge in [-0.25, -0.2) is 0 Å². The highest BCUT2D eigenvalue weighted by molar-refractivity contribution is 7.84. The predicted molar refractivity (Wildman–Crippen MR) is 54.5 cm³/mol. The molecule has 0 rings (SSSR count).